The molecule has 2 aliphatic rings. The standard InChI is InChI=1S/C39H23ClO/c40-25-22-32(28-15-9-14-27-26-11-2-1-10-24(26)20-21-29(27)28)38-36(23-25)39(35-18-7-8-19-37(35)41-38)33-16-5-3-12-30(33)31-13-4-6-17-34(31)39/h1-23H. The van der Waals surface area contributed by atoms with Gasteiger partial charge in [-0.2, -0.15) is 0 Å². The van der Waals surface area contributed by atoms with E-state index in [9.17, 15) is 0 Å². The molecule has 7 aromatic carbocycles. The molecule has 41 heavy (non-hydrogen) atoms. The summed E-state index contributed by atoms with van der Waals surface area (Å²) in [5, 5.41) is 5.56. The summed E-state index contributed by atoms with van der Waals surface area (Å²) < 4.78 is 6.91. The summed E-state index contributed by atoms with van der Waals surface area (Å²) in [7, 11) is 0. The predicted molar refractivity (Wildman–Crippen MR) is 169 cm³/mol. The Hall–Kier alpha value is -4.85. The van der Waals surface area contributed by atoms with Crippen molar-refractivity contribution in [1.82, 2.24) is 0 Å². The molecule has 0 unspecified atom stereocenters. The van der Waals surface area contributed by atoms with E-state index in [0.717, 1.165) is 33.8 Å². The van der Waals surface area contributed by atoms with Crippen molar-refractivity contribution in [2.45, 2.75) is 5.41 Å². The van der Waals surface area contributed by atoms with E-state index in [-0.39, 0.29) is 0 Å². The van der Waals surface area contributed by atoms with Crippen LogP contribution >= 0.6 is 11.6 Å². The van der Waals surface area contributed by atoms with E-state index >= 15 is 0 Å². The lowest BCUT2D eigenvalue weighted by Crippen LogP contribution is -2.32. The fraction of sp³-hybridized carbons (Fsp3) is 0.0256. The van der Waals surface area contributed by atoms with E-state index < -0.39 is 5.41 Å². The lowest BCUT2D eigenvalue weighted by molar-refractivity contribution is 0.438. The highest BCUT2D eigenvalue weighted by atomic mass is 35.5. The number of rotatable bonds is 1. The Labute approximate surface area is 243 Å². The molecule has 1 heterocycles. The van der Waals surface area contributed by atoms with Crippen LogP contribution in [0.3, 0.4) is 0 Å². The van der Waals surface area contributed by atoms with Gasteiger partial charge in [-0.15, -0.1) is 0 Å². The number of ether oxygens (including phenoxy) is 1. The molecule has 2 heteroatoms. The molecule has 0 atom stereocenters. The number of benzene rings is 7. The average molecular weight is 543 g/mol. The van der Waals surface area contributed by atoms with Crippen LogP contribution in [0.25, 0.3) is 43.8 Å². The fourth-order valence-corrected chi connectivity index (χ4v) is 7.61. The summed E-state index contributed by atoms with van der Waals surface area (Å²) in [6.45, 7) is 0. The van der Waals surface area contributed by atoms with Crippen molar-refractivity contribution in [3.05, 3.63) is 167 Å². The van der Waals surface area contributed by atoms with Gasteiger partial charge in [0.1, 0.15) is 11.5 Å². The van der Waals surface area contributed by atoms with Crippen molar-refractivity contribution in [2.24, 2.45) is 0 Å². The Morgan fingerprint density at radius 2 is 1.07 bits per heavy atom. The molecule has 0 radical (unpaired) electrons. The monoisotopic (exact) mass is 542 g/mol. The maximum atomic E-state index is 7.07. The minimum absolute atomic E-state index is 0.547. The molecule has 0 saturated carbocycles. The first-order chi connectivity index (χ1) is 20.2. The van der Waals surface area contributed by atoms with Crippen LogP contribution in [-0.2, 0) is 5.41 Å². The average Bonchev–Trinajstić information content (AvgIpc) is 3.32. The second-order valence-corrected chi connectivity index (χ2v) is 11.4. The molecular formula is C39H23ClO. The zero-order valence-electron chi connectivity index (χ0n) is 22.1. The van der Waals surface area contributed by atoms with Crippen LogP contribution in [0.5, 0.6) is 11.5 Å². The highest BCUT2D eigenvalue weighted by molar-refractivity contribution is 6.31. The van der Waals surface area contributed by atoms with Gasteiger partial charge in [-0.05, 0) is 67.6 Å². The SMILES string of the molecule is Clc1cc(-c2cccc3c2ccc2ccccc23)c2c(c1)C1(c3ccccc3O2)c2ccccc2-c2ccccc21. The maximum absolute atomic E-state index is 7.07. The van der Waals surface area contributed by atoms with E-state index in [1.165, 1.54) is 43.8 Å². The van der Waals surface area contributed by atoms with Crippen molar-refractivity contribution >= 4 is 33.1 Å². The summed E-state index contributed by atoms with van der Waals surface area (Å²) in [6, 6.07) is 49.8. The van der Waals surface area contributed by atoms with Gasteiger partial charge in [-0.1, -0.05) is 133 Å². The Kier molecular flexibility index (Phi) is 4.66. The summed E-state index contributed by atoms with van der Waals surface area (Å²) in [5.74, 6) is 1.74. The van der Waals surface area contributed by atoms with Crippen molar-refractivity contribution < 1.29 is 4.74 Å². The van der Waals surface area contributed by atoms with Crippen LogP contribution in [0, 0.1) is 0 Å². The van der Waals surface area contributed by atoms with Crippen molar-refractivity contribution in [3.8, 4) is 33.8 Å². The summed E-state index contributed by atoms with van der Waals surface area (Å²) in [5.41, 5.74) is 8.81. The Morgan fingerprint density at radius 3 is 1.88 bits per heavy atom. The van der Waals surface area contributed by atoms with Gasteiger partial charge in [0.15, 0.2) is 0 Å². The first kappa shape index (κ1) is 22.9. The van der Waals surface area contributed by atoms with Crippen molar-refractivity contribution in [2.75, 3.05) is 0 Å². The molecule has 0 amide bonds. The summed E-state index contributed by atoms with van der Waals surface area (Å²) >= 11 is 7.07. The highest BCUT2D eigenvalue weighted by Crippen LogP contribution is 2.63. The summed E-state index contributed by atoms with van der Waals surface area (Å²) in [4.78, 5) is 0. The molecule has 9 rings (SSSR count). The smallest absolute Gasteiger partial charge is 0.140 e. The van der Waals surface area contributed by atoms with E-state index in [1.807, 2.05) is 0 Å². The van der Waals surface area contributed by atoms with E-state index in [1.54, 1.807) is 0 Å². The molecule has 1 aliphatic heterocycles. The molecule has 1 spiro atoms. The van der Waals surface area contributed by atoms with E-state index in [0.29, 0.717) is 5.02 Å². The topological polar surface area (TPSA) is 9.23 Å². The van der Waals surface area contributed by atoms with Crippen LogP contribution in [0.4, 0.5) is 0 Å². The normalized spacial score (nSPS) is 13.9. The quantitative estimate of drug-likeness (QED) is 0.187. The molecule has 0 saturated heterocycles. The number of hydrogen-bond donors (Lipinski definition) is 0. The zero-order valence-corrected chi connectivity index (χ0v) is 22.8. The maximum Gasteiger partial charge on any atom is 0.140 e. The molecule has 7 aromatic rings. The van der Waals surface area contributed by atoms with E-state index in [4.69, 9.17) is 16.3 Å². The molecule has 1 aliphatic carbocycles. The third-order valence-corrected chi connectivity index (χ3v) is 9.21. The van der Waals surface area contributed by atoms with Crippen LogP contribution < -0.4 is 4.74 Å². The van der Waals surface area contributed by atoms with Gasteiger partial charge in [0.25, 0.3) is 0 Å². The number of para-hydroxylation sites is 1. The van der Waals surface area contributed by atoms with Gasteiger partial charge in [0, 0.05) is 21.7 Å². The van der Waals surface area contributed by atoms with Crippen LogP contribution in [0.15, 0.2) is 140 Å². The number of hydrogen-bond acceptors (Lipinski definition) is 1. The lowest BCUT2D eigenvalue weighted by atomic mass is 9.65. The Bertz CT molecular complexity index is 2160. The largest absolute Gasteiger partial charge is 0.456 e. The molecule has 0 fully saturated rings. The number of halogens is 1. The third kappa shape index (κ3) is 2.96. The van der Waals surface area contributed by atoms with Crippen LogP contribution in [0.1, 0.15) is 22.3 Å². The zero-order chi connectivity index (χ0) is 27.1. The van der Waals surface area contributed by atoms with Gasteiger partial charge in [0.05, 0.1) is 5.41 Å². The molecule has 192 valence electrons. The van der Waals surface area contributed by atoms with Crippen LogP contribution in [-0.4, -0.2) is 0 Å². The third-order valence-electron chi connectivity index (χ3n) is 8.99. The minimum Gasteiger partial charge on any atom is -0.456 e. The second kappa shape index (κ2) is 8.33. The number of fused-ring (bicyclic) bond motifs is 12. The first-order valence-electron chi connectivity index (χ1n) is 14.0. The van der Waals surface area contributed by atoms with Gasteiger partial charge < -0.3 is 4.74 Å². The lowest BCUT2D eigenvalue weighted by Gasteiger charge is -2.40. The van der Waals surface area contributed by atoms with Gasteiger partial charge in [-0.3, -0.25) is 0 Å². The molecule has 0 aromatic heterocycles. The predicted octanol–water partition coefficient (Wildman–Crippen LogP) is 10.8. The second-order valence-electron chi connectivity index (χ2n) is 11.0. The molecule has 1 nitrogen and oxygen atoms in total. The Morgan fingerprint density at radius 1 is 0.439 bits per heavy atom. The first-order valence-corrected chi connectivity index (χ1v) is 14.3. The minimum atomic E-state index is -0.547. The molecule has 0 bridgehead atoms. The Balaban J connectivity index is 1.43. The van der Waals surface area contributed by atoms with Crippen molar-refractivity contribution in [1.29, 1.82) is 0 Å². The van der Waals surface area contributed by atoms with Gasteiger partial charge in [0.2, 0.25) is 0 Å². The van der Waals surface area contributed by atoms with Crippen LogP contribution in [0.2, 0.25) is 5.02 Å². The molecular weight excluding hydrogens is 520 g/mol. The highest BCUT2D eigenvalue weighted by Gasteiger charge is 2.51. The van der Waals surface area contributed by atoms with Gasteiger partial charge >= 0.3 is 0 Å². The fourth-order valence-electron chi connectivity index (χ4n) is 7.39. The molecule has 0 N–H and O–H groups in total. The van der Waals surface area contributed by atoms with E-state index in [2.05, 4.69) is 140 Å². The van der Waals surface area contributed by atoms with Gasteiger partial charge in [-0.25, -0.2) is 0 Å². The van der Waals surface area contributed by atoms with Crippen molar-refractivity contribution in [3.63, 3.8) is 0 Å². The summed E-state index contributed by atoms with van der Waals surface area (Å²) in [6.07, 6.45) is 0.